The lowest BCUT2D eigenvalue weighted by atomic mass is 10.0. The molecule has 0 aromatic heterocycles. The fraction of sp³-hybridized carbons (Fsp3) is 0.115. The number of nitrogens with one attached hydrogen (secondary N) is 1. The van der Waals surface area contributed by atoms with Gasteiger partial charge in [0, 0.05) is 24.8 Å². The Morgan fingerprint density at radius 1 is 0.909 bits per heavy atom. The molecule has 7 heteroatoms. The van der Waals surface area contributed by atoms with Gasteiger partial charge in [-0.05, 0) is 48.9 Å². The first kappa shape index (κ1) is 22.0. The Labute approximate surface area is 190 Å². The van der Waals surface area contributed by atoms with E-state index in [9.17, 15) is 18.8 Å². The van der Waals surface area contributed by atoms with E-state index in [1.807, 2.05) is 37.3 Å². The molecule has 6 nitrogen and oxygen atoms in total. The first-order valence-corrected chi connectivity index (χ1v) is 10.5. The summed E-state index contributed by atoms with van der Waals surface area (Å²) in [6, 6.07) is 21.6. The number of rotatable bonds is 6. The largest absolute Gasteiger partial charge is 0.337 e. The summed E-state index contributed by atoms with van der Waals surface area (Å²) in [5, 5.41) is 2.68. The van der Waals surface area contributed by atoms with E-state index in [2.05, 4.69) is 5.32 Å². The zero-order valence-corrected chi connectivity index (χ0v) is 18.2. The van der Waals surface area contributed by atoms with E-state index in [1.165, 1.54) is 25.1 Å². The zero-order valence-electron chi connectivity index (χ0n) is 18.2. The van der Waals surface area contributed by atoms with Crippen LogP contribution in [0.4, 0.5) is 21.5 Å². The van der Waals surface area contributed by atoms with Gasteiger partial charge in [-0.2, -0.15) is 0 Å². The van der Waals surface area contributed by atoms with Gasteiger partial charge in [0.1, 0.15) is 11.5 Å². The van der Waals surface area contributed by atoms with Crippen LogP contribution < -0.4 is 15.1 Å². The molecule has 33 heavy (non-hydrogen) atoms. The lowest BCUT2D eigenvalue weighted by Crippen LogP contribution is -2.35. The highest BCUT2D eigenvalue weighted by atomic mass is 19.1. The molecule has 0 spiro atoms. The van der Waals surface area contributed by atoms with Crippen LogP contribution in [0.2, 0.25) is 0 Å². The predicted octanol–water partition coefficient (Wildman–Crippen LogP) is 4.60. The quantitative estimate of drug-likeness (QED) is 0.566. The third-order valence-corrected chi connectivity index (χ3v) is 5.30. The maximum Gasteiger partial charge on any atom is 0.282 e. The Kier molecular flexibility index (Phi) is 6.04. The minimum absolute atomic E-state index is 0.0982. The van der Waals surface area contributed by atoms with E-state index >= 15 is 0 Å². The lowest BCUT2D eigenvalue weighted by molar-refractivity contribution is -0.120. The average molecular weight is 443 g/mol. The number of carbonyl (C=O) groups is 3. The first-order valence-electron chi connectivity index (χ1n) is 10.5. The first-order chi connectivity index (χ1) is 15.9. The number of imide groups is 1. The number of carbonyl (C=O) groups excluding carboxylic acids is 3. The van der Waals surface area contributed by atoms with Crippen molar-refractivity contribution in [1.82, 2.24) is 0 Å². The van der Waals surface area contributed by atoms with Gasteiger partial charge in [-0.3, -0.25) is 14.4 Å². The molecule has 166 valence electrons. The van der Waals surface area contributed by atoms with Crippen LogP contribution in [0, 0.1) is 5.82 Å². The van der Waals surface area contributed by atoms with Gasteiger partial charge >= 0.3 is 0 Å². The molecule has 3 amide bonds. The van der Waals surface area contributed by atoms with Crippen molar-refractivity contribution >= 4 is 40.4 Å². The topological polar surface area (TPSA) is 69.7 Å². The number of hydrogen-bond acceptors (Lipinski definition) is 4. The Bertz CT molecular complexity index is 1250. The summed E-state index contributed by atoms with van der Waals surface area (Å²) in [6.07, 6.45) is 0. The fourth-order valence-electron chi connectivity index (χ4n) is 3.88. The lowest BCUT2D eigenvalue weighted by Gasteiger charge is -2.25. The number of para-hydroxylation sites is 2. The van der Waals surface area contributed by atoms with Crippen LogP contribution in [0.5, 0.6) is 0 Å². The molecule has 0 fully saturated rings. The van der Waals surface area contributed by atoms with Gasteiger partial charge in [0.05, 0.1) is 11.3 Å². The summed E-state index contributed by atoms with van der Waals surface area (Å²) < 4.78 is 14.6. The minimum atomic E-state index is -0.663. The van der Waals surface area contributed by atoms with Crippen molar-refractivity contribution in [2.24, 2.45) is 0 Å². The SMILES string of the molecule is CCN(C1=C(c2ccc(NC(C)=O)cc2)C(=O)N(c2ccccc2F)C1=O)c1ccccc1. The van der Waals surface area contributed by atoms with Crippen molar-refractivity contribution in [3.05, 3.63) is 95.9 Å². The molecule has 1 aliphatic heterocycles. The molecule has 1 N–H and O–H groups in total. The summed E-state index contributed by atoms with van der Waals surface area (Å²) in [6.45, 7) is 3.69. The van der Waals surface area contributed by atoms with Crippen molar-refractivity contribution in [3.8, 4) is 0 Å². The van der Waals surface area contributed by atoms with Crippen LogP contribution in [0.25, 0.3) is 5.57 Å². The van der Waals surface area contributed by atoms with E-state index in [-0.39, 0.29) is 22.9 Å². The monoisotopic (exact) mass is 443 g/mol. The van der Waals surface area contributed by atoms with Gasteiger partial charge < -0.3 is 10.2 Å². The molecule has 0 radical (unpaired) electrons. The number of hydrogen-bond donors (Lipinski definition) is 1. The minimum Gasteiger partial charge on any atom is -0.337 e. The third kappa shape index (κ3) is 4.13. The molecule has 0 bridgehead atoms. The van der Waals surface area contributed by atoms with Crippen LogP contribution in [0.3, 0.4) is 0 Å². The molecule has 0 saturated carbocycles. The number of nitrogens with zero attached hydrogens (tertiary/aromatic N) is 2. The van der Waals surface area contributed by atoms with Crippen LogP contribution in [0.15, 0.2) is 84.6 Å². The maximum absolute atomic E-state index is 14.6. The van der Waals surface area contributed by atoms with Gasteiger partial charge in [0.25, 0.3) is 11.8 Å². The van der Waals surface area contributed by atoms with Gasteiger partial charge in [0.2, 0.25) is 5.91 Å². The summed E-state index contributed by atoms with van der Waals surface area (Å²) in [5.41, 5.74) is 2.03. The molecular weight excluding hydrogens is 421 g/mol. The molecule has 3 aromatic carbocycles. The molecular formula is C26H22FN3O3. The second kappa shape index (κ2) is 9.08. The summed E-state index contributed by atoms with van der Waals surface area (Å²) in [7, 11) is 0. The normalized spacial score (nSPS) is 13.5. The van der Waals surface area contributed by atoms with Crippen molar-refractivity contribution < 1.29 is 18.8 Å². The Hall–Kier alpha value is -4.26. The predicted molar refractivity (Wildman–Crippen MR) is 126 cm³/mol. The maximum atomic E-state index is 14.6. The molecule has 0 aliphatic carbocycles. The molecule has 1 aliphatic rings. The van der Waals surface area contributed by atoms with Crippen molar-refractivity contribution in [1.29, 1.82) is 0 Å². The number of benzene rings is 3. The van der Waals surface area contributed by atoms with E-state index in [0.717, 1.165) is 10.6 Å². The fourth-order valence-corrected chi connectivity index (χ4v) is 3.88. The second-order valence-corrected chi connectivity index (χ2v) is 7.46. The van der Waals surface area contributed by atoms with Crippen LogP contribution in [0.1, 0.15) is 19.4 Å². The van der Waals surface area contributed by atoms with E-state index in [1.54, 1.807) is 35.2 Å². The van der Waals surface area contributed by atoms with Gasteiger partial charge in [0.15, 0.2) is 0 Å². The van der Waals surface area contributed by atoms with Gasteiger partial charge in [-0.15, -0.1) is 0 Å². The standard InChI is InChI=1S/C26H22FN3O3/c1-3-29(20-9-5-4-6-10-20)24-23(18-13-15-19(16-14-18)28-17(2)31)25(32)30(26(24)33)22-12-8-7-11-21(22)27/h4-16H,3H2,1-2H3,(H,28,31). The molecule has 0 atom stereocenters. The average Bonchev–Trinajstić information content (AvgIpc) is 3.06. The zero-order chi connectivity index (χ0) is 23.5. The highest BCUT2D eigenvalue weighted by Crippen LogP contribution is 2.37. The van der Waals surface area contributed by atoms with Crippen molar-refractivity contribution in [2.75, 3.05) is 21.7 Å². The van der Waals surface area contributed by atoms with E-state index in [4.69, 9.17) is 0 Å². The smallest absolute Gasteiger partial charge is 0.282 e. The van der Waals surface area contributed by atoms with Gasteiger partial charge in [-0.1, -0.05) is 42.5 Å². The van der Waals surface area contributed by atoms with Gasteiger partial charge in [-0.25, -0.2) is 9.29 Å². The highest BCUT2D eigenvalue weighted by molar-refractivity contribution is 6.46. The number of amides is 3. The Balaban J connectivity index is 1.88. The van der Waals surface area contributed by atoms with Crippen molar-refractivity contribution in [2.45, 2.75) is 13.8 Å². The highest BCUT2D eigenvalue weighted by Gasteiger charge is 2.43. The summed E-state index contributed by atoms with van der Waals surface area (Å²) in [5.74, 6) is -2.09. The summed E-state index contributed by atoms with van der Waals surface area (Å²) >= 11 is 0. The number of anilines is 3. The van der Waals surface area contributed by atoms with E-state index in [0.29, 0.717) is 17.8 Å². The molecule has 0 saturated heterocycles. The van der Waals surface area contributed by atoms with Crippen LogP contribution in [-0.4, -0.2) is 24.3 Å². The van der Waals surface area contributed by atoms with E-state index < -0.39 is 17.6 Å². The Morgan fingerprint density at radius 2 is 1.55 bits per heavy atom. The molecule has 4 rings (SSSR count). The number of likely N-dealkylation sites (N-methyl/N-ethyl adjacent to an activating group) is 1. The van der Waals surface area contributed by atoms with Crippen molar-refractivity contribution in [3.63, 3.8) is 0 Å². The molecule has 3 aromatic rings. The van der Waals surface area contributed by atoms with Crippen LogP contribution in [-0.2, 0) is 14.4 Å². The molecule has 0 unspecified atom stereocenters. The molecule has 1 heterocycles. The Morgan fingerprint density at radius 3 is 2.15 bits per heavy atom. The third-order valence-electron chi connectivity index (χ3n) is 5.30. The van der Waals surface area contributed by atoms with Crippen LogP contribution >= 0.6 is 0 Å². The number of halogens is 1. The summed E-state index contributed by atoms with van der Waals surface area (Å²) in [4.78, 5) is 41.2. The second-order valence-electron chi connectivity index (χ2n) is 7.46.